The molecule has 2 heteroatoms. The SMILES string of the molecule is c1ccc(C2CN(c3ccccc3)C(c3ccccc3)CN2)cc1. The summed E-state index contributed by atoms with van der Waals surface area (Å²) >= 11 is 0. The van der Waals surface area contributed by atoms with Gasteiger partial charge in [0.05, 0.1) is 6.04 Å². The number of benzene rings is 3. The summed E-state index contributed by atoms with van der Waals surface area (Å²) < 4.78 is 0. The Morgan fingerprint density at radius 3 is 1.83 bits per heavy atom. The van der Waals surface area contributed by atoms with E-state index in [1.165, 1.54) is 16.8 Å². The van der Waals surface area contributed by atoms with Gasteiger partial charge in [0.15, 0.2) is 0 Å². The van der Waals surface area contributed by atoms with Crippen LogP contribution in [0.2, 0.25) is 0 Å². The molecular formula is C22H22N2. The van der Waals surface area contributed by atoms with Gasteiger partial charge in [0, 0.05) is 24.8 Å². The summed E-state index contributed by atoms with van der Waals surface area (Å²) in [6.07, 6.45) is 0. The first-order valence-electron chi connectivity index (χ1n) is 8.57. The Kier molecular flexibility index (Phi) is 4.30. The van der Waals surface area contributed by atoms with E-state index in [0.717, 1.165) is 13.1 Å². The van der Waals surface area contributed by atoms with Crippen LogP contribution in [0.5, 0.6) is 0 Å². The maximum Gasteiger partial charge on any atom is 0.0668 e. The van der Waals surface area contributed by atoms with Crippen molar-refractivity contribution in [3.05, 3.63) is 102 Å². The number of hydrogen-bond acceptors (Lipinski definition) is 2. The number of para-hydroxylation sites is 1. The highest BCUT2D eigenvalue weighted by Gasteiger charge is 2.29. The first-order valence-corrected chi connectivity index (χ1v) is 8.57. The Bertz CT molecular complexity index is 756. The van der Waals surface area contributed by atoms with Gasteiger partial charge in [-0.1, -0.05) is 78.9 Å². The van der Waals surface area contributed by atoms with Gasteiger partial charge in [-0.2, -0.15) is 0 Å². The molecule has 0 saturated carbocycles. The maximum atomic E-state index is 3.74. The Balaban J connectivity index is 1.67. The molecule has 24 heavy (non-hydrogen) atoms. The normalized spacial score (nSPS) is 20.8. The summed E-state index contributed by atoms with van der Waals surface area (Å²) in [6, 6.07) is 33.0. The van der Waals surface area contributed by atoms with Crippen molar-refractivity contribution in [3.8, 4) is 0 Å². The van der Waals surface area contributed by atoms with Crippen LogP contribution in [0.4, 0.5) is 5.69 Å². The zero-order valence-electron chi connectivity index (χ0n) is 13.7. The van der Waals surface area contributed by atoms with Crippen molar-refractivity contribution in [1.82, 2.24) is 5.32 Å². The van der Waals surface area contributed by atoms with Crippen LogP contribution in [0, 0.1) is 0 Å². The molecule has 2 atom stereocenters. The van der Waals surface area contributed by atoms with E-state index in [-0.39, 0.29) is 0 Å². The van der Waals surface area contributed by atoms with E-state index in [9.17, 15) is 0 Å². The first-order chi connectivity index (χ1) is 11.9. The third kappa shape index (κ3) is 3.06. The van der Waals surface area contributed by atoms with Crippen molar-refractivity contribution in [2.75, 3.05) is 18.0 Å². The van der Waals surface area contributed by atoms with Gasteiger partial charge in [0.2, 0.25) is 0 Å². The topological polar surface area (TPSA) is 15.3 Å². The van der Waals surface area contributed by atoms with Crippen molar-refractivity contribution in [3.63, 3.8) is 0 Å². The van der Waals surface area contributed by atoms with E-state index < -0.39 is 0 Å². The van der Waals surface area contributed by atoms with Crippen molar-refractivity contribution >= 4 is 5.69 Å². The highest BCUT2D eigenvalue weighted by atomic mass is 15.2. The molecule has 1 aliphatic heterocycles. The summed E-state index contributed by atoms with van der Waals surface area (Å²) in [7, 11) is 0. The Labute approximate surface area is 143 Å². The van der Waals surface area contributed by atoms with E-state index in [0.29, 0.717) is 12.1 Å². The molecule has 0 bridgehead atoms. The molecule has 1 saturated heterocycles. The first kappa shape index (κ1) is 15.0. The van der Waals surface area contributed by atoms with Gasteiger partial charge in [0.25, 0.3) is 0 Å². The molecule has 1 heterocycles. The zero-order valence-corrected chi connectivity index (χ0v) is 13.7. The molecule has 0 aliphatic carbocycles. The van der Waals surface area contributed by atoms with Crippen molar-refractivity contribution in [1.29, 1.82) is 0 Å². The van der Waals surface area contributed by atoms with Crippen LogP contribution >= 0.6 is 0 Å². The number of nitrogens with one attached hydrogen (secondary N) is 1. The molecule has 1 aliphatic rings. The smallest absolute Gasteiger partial charge is 0.0668 e. The van der Waals surface area contributed by atoms with Gasteiger partial charge in [-0.25, -0.2) is 0 Å². The van der Waals surface area contributed by atoms with Crippen molar-refractivity contribution in [2.24, 2.45) is 0 Å². The van der Waals surface area contributed by atoms with Crippen LogP contribution < -0.4 is 10.2 Å². The van der Waals surface area contributed by atoms with Crippen LogP contribution in [-0.4, -0.2) is 13.1 Å². The quantitative estimate of drug-likeness (QED) is 0.761. The van der Waals surface area contributed by atoms with Gasteiger partial charge in [-0.3, -0.25) is 0 Å². The zero-order chi connectivity index (χ0) is 16.2. The fourth-order valence-electron chi connectivity index (χ4n) is 3.54. The third-order valence-electron chi connectivity index (χ3n) is 4.79. The molecule has 1 fully saturated rings. The second-order valence-corrected chi connectivity index (χ2v) is 6.29. The second-order valence-electron chi connectivity index (χ2n) is 6.29. The summed E-state index contributed by atoms with van der Waals surface area (Å²) in [6.45, 7) is 1.91. The van der Waals surface area contributed by atoms with E-state index in [1.807, 2.05) is 0 Å². The summed E-state index contributed by atoms with van der Waals surface area (Å²) in [4.78, 5) is 2.53. The molecule has 2 nitrogen and oxygen atoms in total. The summed E-state index contributed by atoms with van der Waals surface area (Å²) in [5.41, 5.74) is 4.00. The van der Waals surface area contributed by atoms with Crippen molar-refractivity contribution in [2.45, 2.75) is 12.1 Å². The standard InChI is InChI=1S/C22H22N2/c1-4-10-18(11-5-1)21-17-24(20-14-8-3-9-15-20)22(16-23-21)19-12-6-2-7-13-19/h1-15,21-23H,16-17H2. The van der Waals surface area contributed by atoms with Gasteiger partial charge < -0.3 is 10.2 Å². The van der Waals surface area contributed by atoms with Crippen LogP contribution in [-0.2, 0) is 0 Å². The Hall–Kier alpha value is -2.58. The number of rotatable bonds is 3. The lowest BCUT2D eigenvalue weighted by Gasteiger charge is -2.42. The Morgan fingerprint density at radius 1 is 0.667 bits per heavy atom. The highest BCUT2D eigenvalue weighted by Crippen LogP contribution is 2.32. The average Bonchev–Trinajstić information content (AvgIpc) is 2.69. The van der Waals surface area contributed by atoms with Crippen LogP contribution in [0.3, 0.4) is 0 Å². The molecule has 0 spiro atoms. The Morgan fingerprint density at radius 2 is 1.21 bits per heavy atom. The minimum atomic E-state index is 0.353. The van der Waals surface area contributed by atoms with Gasteiger partial charge in [-0.15, -0.1) is 0 Å². The summed E-state index contributed by atoms with van der Waals surface area (Å²) in [5, 5.41) is 3.74. The largest absolute Gasteiger partial charge is 0.361 e. The van der Waals surface area contributed by atoms with E-state index in [4.69, 9.17) is 0 Å². The lowest BCUT2D eigenvalue weighted by molar-refractivity contribution is 0.406. The predicted molar refractivity (Wildman–Crippen MR) is 100 cm³/mol. The maximum absolute atomic E-state index is 3.74. The molecular weight excluding hydrogens is 292 g/mol. The molecule has 120 valence electrons. The van der Waals surface area contributed by atoms with Gasteiger partial charge in [-0.05, 0) is 23.3 Å². The minimum absolute atomic E-state index is 0.353. The molecule has 0 amide bonds. The molecule has 2 unspecified atom stereocenters. The number of nitrogens with zero attached hydrogens (tertiary/aromatic N) is 1. The van der Waals surface area contributed by atoms with Gasteiger partial charge in [0.1, 0.15) is 0 Å². The summed E-state index contributed by atoms with van der Waals surface area (Å²) in [5.74, 6) is 0. The number of piperazine rings is 1. The number of hydrogen-bond donors (Lipinski definition) is 1. The average molecular weight is 314 g/mol. The van der Waals surface area contributed by atoms with Gasteiger partial charge >= 0.3 is 0 Å². The van der Waals surface area contributed by atoms with Crippen LogP contribution in [0.1, 0.15) is 23.2 Å². The predicted octanol–water partition coefficient (Wildman–Crippen LogP) is 4.58. The fraction of sp³-hybridized carbons (Fsp3) is 0.182. The van der Waals surface area contributed by atoms with E-state index in [1.54, 1.807) is 0 Å². The third-order valence-corrected chi connectivity index (χ3v) is 4.79. The van der Waals surface area contributed by atoms with E-state index >= 15 is 0 Å². The second kappa shape index (κ2) is 6.90. The van der Waals surface area contributed by atoms with Crippen molar-refractivity contribution < 1.29 is 0 Å². The molecule has 0 radical (unpaired) electrons. The molecule has 3 aromatic rings. The monoisotopic (exact) mass is 314 g/mol. The molecule has 1 N–H and O–H groups in total. The minimum Gasteiger partial charge on any atom is -0.361 e. The highest BCUT2D eigenvalue weighted by molar-refractivity contribution is 5.50. The van der Waals surface area contributed by atoms with E-state index in [2.05, 4.69) is 101 Å². The van der Waals surface area contributed by atoms with Crippen LogP contribution in [0.15, 0.2) is 91.0 Å². The lowest BCUT2D eigenvalue weighted by Crippen LogP contribution is -2.48. The number of anilines is 1. The molecule has 0 aromatic heterocycles. The fourth-order valence-corrected chi connectivity index (χ4v) is 3.54. The molecule has 4 rings (SSSR count). The van der Waals surface area contributed by atoms with Crippen LogP contribution in [0.25, 0.3) is 0 Å². The molecule has 3 aromatic carbocycles. The lowest BCUT2D eigenvalue weighted by atomic mass is 9.97.